The molecule has 1 saturated heterocycles. The molecule has 0 saturated carbocycles. The van der Waals surface area contributed by atoms with Crippen molar-refractivity contribution in [1.82, 2.24) is 4.90 Å². The Bertz CT molecular complexity index is 694. The zero-order valence-corrected chi connectivity index (χ0v) is 15.5. The van der Waals surface area contributed by atoms with Crippen LogP contribution in [0.3, 0.4) is 0 Å². The molecule has 1 heterocycles. The molecular weight excluding hydrogens is 312 g/mol. The summed E-state index contributed by atoms with van der Waals surface area (Å²) in [7, 11) is 1.72. The van der Waals surface area contributed by atoms with Crippen molar-refractivity contribution in [1.29, 1.82) is 0 Å². The summed E-state index contributed by atoms with van der Waals surface area (Å²) in [6.45, 7) is 10.0. The molecule has 4 nitrogen and oxygen atoms in total. The Labute approximate surface area is 151 Å². The summed E-state index contributed by atoms with van der Waals surface area (Å²) in [6.07, 6.45) is 0. The molecule has 134 valence electrons. The summed E-state index contributed by atoms with van der Waals surface area (Å²) in [6, 6.07) is 14.8. The van der Waals surface area contributed by atoms with E-state index in [2.05, 4.69) is 53.1 Å². The maximum Gasteiger partial charge on any atom is 0.142 e. The number of rotatable bonds is 6. The Balaban J connectivity index is 1.60. The van der Waals surface area contributed by atoms with E-state index in [4.69, 9.17) is 9.47 Å². The largest absolute Gasteiger partial charge is 0.496 e. The highest BCUT2D eigenvalue weighted by Crippen LogP contribution is 2.29. The molecule has 0 N–H and O–H groups in total. The minimum Gasteiger partial charge on any atom is -0.496 e. The van der Waals surface area contributed by atoms with E-state index in [0.717, 1.165) is 44.2 Å². The van der Waals surface area contributed by atoms with Crippen molar-refractivity contribution in [3.8, 4) is 11.5 Å². The number of hydrogen-bond acceptors (Lipinski definition) is 4. The number of ether oxygens (including phenoxy) is 2. The van der Waals surface area contributed by atoms with Gasteiger partial charge in [-0.1, -0.05) is 24.3 Å². The molecule has 1 aliphatic heterocycles. The molecule has 1 aliphatic rings. The molecular formula is C21H28N2O2. The predicted molar refractivity (Wildman–Crippen MR) is 103 cm³/mol. The van der Waals surface area contributed by atoms with Crippen molar-refractivity contribution in [2.75, 3.05) is 44.8 Å². The lowest BCUT2D eigenvalue weighted by Gasteiger charge is -2.36. The third kappa shape index (κ3) is 4.26. The number of para-hydroxylation sites is 2. The predicted octanol–water partition coefficient (Wildman–Crippen LogP) is 3.72. The lowest BCUT2D eigenvalue weighted by atomic mass is 10.1. The Morgan fingerprint density at radius 3 is 2.40 bits per heavy atom. The number of anilines is 1. The first-order valence-electron chi connectivity index (χ1n) is 9.04. The molecule has 2 aromatic carbocycles. The Kier molecular flexibility index (Phi) is 5.82. The number of hydrogen-bond donors (Lipinski definition) is 0. The van der Waals surface area contributed by atoms with E-state index in [-0.39, 0.29) is 0 Å². The summed E-state index contributed by atoms with van der Waals surface area (Å²) < 4.78 is 11.1. The number of piperazine rings is 1. The minimum atomic E-state index is 0.702. The van der Waals surface area contributed by atoms with Crippen LogP contribution in [0.2, 0.25) is 0 Å². The molecule has 0 spiro atoms. The SMILES string of the molecule is CCOc1ccccc1N1CCN(Cc2ccc(OC)c(C)c2)CC1. The van der Waals surface area contributed by atoms with Crippen molar-refractivity contribution in [2.45, 2.75) is 20.4 Å². The molecule has 1 fully saturated rings. The van der Waals surface area contributed by atoms with Crippen LogP contribution < -0.4 is 14.4 Å². The average molecular weight is 340 g/mol. The van der Waals surface area contributed by atoms with Crippen LogP contribution in [0.15, 0.2) is 42.5 Å². The molecule has 0 aliphatic carbocycles. The highest BCUT2D eigenvalue weighted by atomic mass is 16.5. The second-order valence-corrected chi connectivity index (χ2v) is 6.47. The fraction of sp³-hybridized carbons (Fsp3) is 0.429. The van der Waals surface area contributed by atoms with Gasteiger partial charge in [-0.3, -0.25) is 4.90 Å². The van der Waals surface area contributed by atoms with E-state index in [0.29, 0.717) is 6.61 Å². The van der Waals surface area contributed by atoms with E-state index < -0.39 is 0 Å². The monoisotopic (exact) mass is 340 g/mol. The standard InChI is InChI=1S/C21H28N2O2/c1-4-25-21-8-6-5-7-19(21)23-13-11-22(12-14-23)16-18-9-10-20(24-3)17(2)15-18/h5-10,15H,4,11-14,16H2,1-3H3. The molecule has 0 amide bonds. The van der Waals surface area contributed by atoms with Gasteiger partial charge in [0.05, 0.1) is 19.4 Å². The topological polar surface area (TPSA) is 24.9 Å². The van der Waals surface area contributed by atoms with E-state index >= 15 is 0 Å². The van der Waals surface area contributed by atoms with Crippen LogP contribution in [0, 0.1) is 6.92 Å². The highest BCUT2D eigenvalue weighted by molar-refractivity contribution is 5.58. The summed E-state index contributed by atoms with van der Waals surface area (Å²) in [4.78, 5) is 4.95. The third-order valence-corrected chi connectivity index (χ3v) is 4.74. The van der Waals surface area contributed by atoms with Gasteiger partial charge < -0.3 is 14.4 Å². The first-order chi connectivity index (χ1) is 12.2. The summed E-state index contributed by atoms with van der Waals surface area (Å²) in [5.74, 6) is 1.95. The molecule has 25 heavy (non-hydrogen) atoms. The zero-order valence-electron chi connectivity index (χ0n) is 15.5. The number of aryl methyl sites for hydroxylation is 1. The van der Waals surface area contributed by atoms with Gasteiger partial charge in [0.1, 0.15) is 11.5 Å². The number of nitrogens with zero attached hydrogens (tertiary/aromatic N) is 2. The van der Waals surface area contributed by atoms with Gasteiger partial charge in [0.25, 0.3) is 0 Å². The summed E-state index contributed by atoms with van der Waals surface area (Å²) in [5, 5.41) is 0. The van der Waals surface area contributed by atoms with Crippen molar-refractivity contribution in [2.24, 2.45) is 0 Å². The van der Waals surface area contributed by atoms with E-state index in [1.165, 1.54) is 16.8 Å². The van der Waals surface area contributed by atoms with Gasteiger partial charge >= 0.3 is 0 Å². The van der Waals surface area contributed by atoms with Crippen molar-refractivity contribution in [3.63, 3.8) is 0 Å². The van der Waals surface area contributed by atoms with Crippen LogP contribution in [0.5, 0.6) is 11.5 Å². The maximum atomic E-state index is 5.78. The van der Waals surface area contributed by atoms with Crippen LogP contribution in [0.25, 0.3) is 0 Å². The van der Waals surface area contributed by atoms with Gasteiger partial charge in [0.2, 0.25) is 0 Å². The molecule has 0 radical (unpaired) electrons. The number of benzene rings is 2. The molecule has 0 bridgehead atoms. The van der Waals surface area contributed by atoms with Crippen LogP contribution in [0.1, 0.15) is 18.1 Å². The van der Waals surface area contributed by atoms with Gasteiger partial charge in [0.15, 0.2) is 0 Å². The Morgan fingerprint density at radius 2 is 1.72 bits per heavy atom. The van der Waals surface area contributed by atoms with Gasteiger partial charge in [-0.15, -0.1) is 0 Å². The molecule has 0 atom stereocenters. The first kappa shape index (κ1) is 17.6. The average Bonchev–Trinajstić information content (AvgIpc) is 2.63. The molecule has 3 rings (SSSR count). The van der Waals surface area contributed by atoms with Crippen LogP contribution in [-0.2, 0) is 6.54 Å². The normalized spacial score (nSPS) is 15.2. The number of methoxy groups -OCH3 is 1. The van der Waals surface area contributed by atoms with E-state index in [9.17, 15) is 0 Å². The Hall–Kier alpha value is -2.20. The first-order valence-corrected chi connectivity index (χ1v) is 9.04. The van der Waals surface area contributed by atoms with Crippen molar-refractivity contribution >= 4 is 5.69 Å². The van der Waals surface area contributed by atoms with Crippen molar-refractivity contribution in [3.05, 3.63) is 53.6 Å². The third-order valence-electron chi connectivity index (χ3n) is 4.74. The van der Waals surface area contributed by atoms with Crippen LogP contribution >= 0.6 is 0 Å². The fourth-order valence-corrected chi connectivity index (χ4v) is 3.44. The molecule has 4 heteroatoms. The minimum absolute atomic E-state index is 0.702. The highest BCUT2D eigenvalue weighted by Gasteiger charge is 2.19. The van der Waals surface area contributed by atoms with Crippen LogP contribution in [0.4, 0.5) is 5.69 Å². The lowest BCUT2D eigenvalue weighted by Crippen LogP contribution is -2.46. The fourth-order valence-electron chi connectivity index (χ4n) is 3.44. The van der Waals surface area contributed by atoms with E-state index in [1.54, 1.807) is 7.11 Å². The Morgan fingerprint density at radius 1 is 0.960 bits per heavy atom. The molecule has 0 unspecified atom stereocenters. The van der Waals surface area contributed by atoms with Gasteiger partial charge in [-0.25, -0.2) is 0 Å². The van der Waals surface area contributed by atoms with Gasteiger partial charge in [0, 0.05) is 32.7 Å². The van der Waals surface area contributed by atoms with Gasteiger partial charge in [-0.2, -0.15) is 0 Å². The zero-order chi connectivity index (χ0) is 17.6. The summed E-state index contributed by atoms with van der Waals surface area (Å²) in [5.41, 5.74) is 3.76. The van der Waals surface area contributed by atoms with Crippen LogP contribution in [-0.4, -0.2) is 44.8 Å². The van der Waals surface area contributed by atoms with Gasteiger partial charge in [-0.05, 0) is 43.2 Å². The second kappa shape index (κ2) is 8.26. The second-order valence-electron chi connectivity index (χ2n) is 6.47. The quantitative estimate of drug-likeness (QED) is 0.800. The molecule has 2 aromatic rings. The maximum absolute atomic E-state index is 5.78. The smallest absolute Gasteiger partial charge is 0.142 e. The molecule has 0 aromatic heterocycles. The lowest BCUT2D eigenvalue weighted by molar-refractivity contribution is 0.248. The summed E-state index contributed by atoms with van der Waals surface area (Å²) >= 11 is 0. The van der Waals surface area contributed by atoms with Crippen molar-refractivity contribution < 1.29 is 9.47 Å². The van der Waals surface area contributed by atoms with E-state index in [1.807, 2.05) is 13.0 Å².